The number of ether oxygens (including phenoxy) is 1. The van der Waals surface area contributed by atoms with Crippen molar-refractivity contribution in [1.29, 1.82) is 0 Å². The van der Waals surface area contributed by atoms with Gasteiger partial charge in [-0.2, -0.15) is 0 Å². The van der Waals surface area contributed by atoms with Gasteiger partial charge in [-0.3, -0.25) is 4.79 Å². The number of carbonyl (C=O) groups excluding carboxylic acids is 2. The van der Waals surface area contributed by atoms with Crippen LogP contribution in [-0.4, -0.2) is 36.2 Å². The molecule has 0 aliphatic heterocycles. The Balaban J connectivity index is 2.99. The molecular weight excluding hydrogens is 272 g/mol. The van der Waals surface area contributed by atoms with Gasteiger partial charge in [0.05, 0.1) is 24.2 Å². The molecular formula is C15H23N2O4-. The third kappa shape index (κ3) is 4.68. The summed E-state index contributed by atoms with van der Waals surface area (Å²) in [6.45, 7) is 7.37. The Hall–Kier alpha value is -1.66. The number of carbonyl (C=O) groups is 2. The minimum atomic E-state index is -1.25. The molecule has 1 amide bonds. The molecule has 1 rings (SSSR count). The van der Waals surface area contributed by atoms with E-state index in [0.717, 1.165) is 18.9 Å². The van der Waals surface area contributed by atoms with Gasteiger partial charge in [-0.1, -0.05) is 20.4 Å². The maximum absolute atomic E-state index is 11.5. The van der Waals surface area contributed by atoms with Crippen molar-refractivity contribution < 1.29 is 19.4 Å². The smallest absolute Gasteiger partial charge is 0.243 e. The van der Waals surface area contributed by atoms with Crippen molar-refractivity contribution in [2.24, 2.45) is 5.73 Å². The molecule has 0 saturated carbocycles. The Morgan fingerprint density at radius 1 is 1.57 bits per heavy atom. The van der Waals surface area contributed by atoms with Crippen LogP contribution in [0.5, 0.6) is 0 Å². The van der Waals surface area contributed by atoms with Gasteiger partial charge in [0.2, 0.25) is 5.91 Å². The van der Waals surface area contributed by atoms with Crippen molar-refractivity contribution in [3.63, 3.8) is 0 Å². The number of amides is 1. The molecule has 0 saturated heterocycles. The monoisotopic (exact) mass is 295 g/mol. The van der Waals surface area contributed by atoms with Gasteiger partial charge in [0.1, 0.15) is 0 Å². The summed E-state index contributed by atoms with van der Waals surface area (Å²) in [6, 6.07) is -1.04. The average molecular weight is 295 g/mol. The van der Waals surface area contributed by atoms with E-state index in [1.165, 1.54) is 6.08 Å². The molecule has 21 heavy (non-hydrogen) atoms. The predicted molar refractivity (Wildman–Crippen MR) is 77.1 cm³/mol. The highest BCUT2D eigenvalue weighted by Crippen LogP contribution is 2.22. The topological polar surface area (TPSA) is 104 Å². The maximum atomic E-state index is 11.5. The molecule has 0 unspecified atom stereocenters. The molecule has 6 heteroatoms. The van der Waals surface area contributed by atoms with E-state index < -0.39 is 24.2 Å². The van der Waals surface area contributed by atoms with Gasteiger partial charge < -0.3 is 25.7 Å². The summed E-state index contributed by atoms with van der Waals surface area (Å²) in [4.78, 5) is 22.6. The minimum absolute atomic E-state index is 0.0253. The zero-order chi connectivity index (χ0) is 16.0. The van der Waals surface area contributed by atoms with Gasteiger partial charge in [0.15, 0.2) is 0 Å². The van der Waals surface area contributed by atoms with Crippen molar-refractivity contribution in [1.82, 2.24) is 5.32 Å². The van der Waals surface area contributed by atoms with E-state index in [-0.39, 0.29) is 24.0 Å². The zero-order valence-electron chi connectivity index (χ0n) is 12.5. The summed E-state index contributed by atoms with van der Waals surface area (Å²) in [6.07, 6.45) is 3.74. The molecule has 0 aromatic heterocycles. The van der Waals surface area contributed by atoms with Crippen LogP contribution in [0.3, 0.4) is 0 Å². The fourth-order valence-electron chi connectivity index (χ4n) is 2.39. The summed E-state index contributed by atoms with van der Waals surface area (Å²) < 4.78 is 5.90. The van der Waals surface area contributed by atoms with Crippen LogP contribution in [0, 0.1) is 0 Å². The third-order valence-electron chi connectivity index (χ3n) is 3.65. The van der Waals surface area contributed by atoms with Gasteiger partial charge in [-0.25, -0.2) is 0 Å². The molecule has 0 radical (unpaired) electrons. The second-order valence-electron chi connectivity index (χ2n) is 5.13. The number of nitrogens with one attached hydrogen (secondary N) is 1. The first kappa shape index (κ1) is 17.4. The van der Waals surface area contributed by atoms with Crippen molar-refractivity contribution in [2.75, 3.05) is 0 Å². The summed E-state index contributed by atoms with van der Waals surface area (Å²) in [5.74, 6) is -1.61. The molecule has 0 aromatic carbocycles. The molecule has 0 bridgehead atoms. The molecule has 0 fully saturated rings. The lowest BCUT2D eigenvalue weighted by Crippen LogP contribution is -2.57. The maximum Gasteiger partial charge on any atom is 0.243 e. The first-order chi connectivity index (χ1) is 9.92. The van der Waals surface area contributed by atoms with E-state index in [9.17, 15) is 14.7 Å². The van der Waals surface area contributed by atoms with Crippen molar-refractivity contribution in [3.8, 4) is 0 Å². The van der Waals surface area contributed by atoms with Crippen LogP contribution >= 0.6 is 0 Å². The number of carboxylic acid groups (broad SMARTS) is 1. The number of carboxylic acids is 1. The molecule has 3 atom stereocenters. The highest BCUT2D eigenvalue weighted by atomic mass is 16.5. The second-order valence-corrected chi connectivity index (χ2v) is 5.13. The Labute approximate surface area is 125 Å². The van der Waals surface area contributed by atoms with Crippen molar-refractivity contribution >= 4 is 11.9 Å². The molecule has 1 aliphatic carbocycles. The molecule has 0 aromatic rings. The third-order valence-corrected chi connectivity index (χ3v) is 3.65. The number of hydrogen-bond acceptors (Lipinski definition) is 5. The van der Waals surface area contributed by atoms with Gasteiger partial charge in [-0.15, -0.1) is 0 Å². The molecule has 0 spiro atoms. The van der Waals surface area contributed by atoms with Gasteiger partial charge in [0.25, 0.3) is 0 Å². The van der Waals surface area contributed by atoms with E-state index in [2.05, 4.69) is 11.9 Å². The second kappa shape index (κ2) is 7.95. The van der Waals surface area contributed by atoms with E-state index in [1.54, 1.807) is 0 Å². The fraction of sp³-hybridized carbons (Fsp3) is 0.600. The standard InChI is InChI=1S/C15H24N2O4/c1-4-10(5-2)21-12-8-9(15(19)20)7-11(16)14(12)17-13(18)6-3/h6,8,10-12,14H,3-5,7,16H2,1-2H3,(H,17,18)(H,19,20)/p-1/t11-,12+,14+/m0/s1. The summed E-state index contributed by atoms with van der Waals surface area (Å²) >= 11 is 0. The van der Waals surface area contributed by atoms with E-state index >= 15 is 0 Å². The van der Waals surface area contributed by atoms with E-state index in [0.29, 0.717) is 0 Å². The van der Waals surface area contributed by atoms with Crippen molar-refractivity contribution in [2.45, 2.75) is 57.4 Å². The highest BCUT2D eigenvalue weighted by Gasteiger charge is 2.34. The largest absolute Gasteiger partial charge is 0.545 e. The highest BCUT2D eigenvalue weighted by molar-refractivity contribution is 5.88. The van der Waals surface area contributed by atoms with Gasteiger partial charge in [0, 0.05) is 6.04 Å². The predicted octanol–water partition coefficient (Wildman–Crippen LogP) is -0.362. The van der Waals surface area contributed by atoms with Crippen LogP contribution in [0.1, 0.15) is 33.1 Å². The normalized spacial score (nSPS) is 25.3. The number of hydrogen-bond donors (Lipinski definition) is 2. The summed E-state index contributed by atoms with van der Waals surface area (Å²) in [5.41, 5.74) is 6.11. The quantitative estimate of drug-likeness (QED) is 0.624. The fourth-order valence-corrected chi connectivity index (χ4v) is 2.39. The lowest BCUT2D eigenvalue weighted by molar-refractivity contribution is -0.299. The first-order valence-corrected chi connectivity index (χ1v) is 7.18. The zero-order valence-corrected chi connectivity index (χ0v) is 12.5. The van der Waals surface area contributed by atoms with Crippen LogP contribution in [0.2, 0.25) is 0 Å². The van der Waals surface area contributed by atoms with Gasteiger partial charge >= 0.3 is 0 Å². The lowest BCUT2D eigenvalue weighted by atomic mass is 9.88. The number of rotatable bonds is 7. The van der Waals surface area contributed by atoms with Crippen LogP contribution in [0.25, 0.3) is 0 Å². The Morgan fingerprint density at radius 2 is 2.19 bits per heavy atom. The Morgan fingerprint density at radius 3 is 2.67 bits per heavy atom. The SMILES string of the molecule is C=CC(=O)N[C@@H]1[C@@H](N)CC(C(=O)[O-])=C[C@H]1OC(CC)CC. The van der Waals surface area contributed by atoms with Crippen LogP contribution in [-0.2, 0) is 14.3 Å². The number of aliphatic carboxylic acids is 1. The lowest BCUT2D eigenvalue weighted by Gasteiger charge is -2.37. The molecule has 3 N–H and O–H groups in total. The number of nitrogens with two attached hydrogens (primary N) is 1. The van der Waals surface area contributed by atoms with Crippen LogP contribution < -0.4 is 16.2 Å². The first-order valence-electron chi connectivity index (χ1n) is 7.18. The Kier molecular flexibility index (Phi) is 6.58. The van der Waals surface area contributed by atoms with Crippen molar-refractivity contribution in [3.05, 3.63) is 24.3 Å². The van der Waals surface area contributed by atoms with Crippen LogP contribution in [0.15, 0.2) is 24.3 Å². The molecule has 118 valence electrons. The molecule has 6 nitrogen and oxygen atoms in total. The Bertz CT molecular complexity index is 429. The van der Waals surface area contributed by atoms with E-state index in [4.69, 9.17) is 10.5 Å². The van der Waals surface area contributed by atoms with Crippen LogP contribution in [0.4, 0.5) is 0 Å². The summed E-state index contributed by atoms with van der Waals surface area (Å²) in [7, 11) is 0. The molecule has 0 heterocycles. The minimum Gasteiger partial charge on any atom is -0.545 e. The van der Waals surface area contributed by atoms with E-state index in [1.807, 2.05) is 13.8 Å². The average Bonchev–Trinajstić information content (AvgIpc) is 2.46. The van der Waals surface area contributed by atoms with Gasteiger partial charge in [-0.05, 0) is 37.0 Å². The summed E-state index contributed by atoms with van der Waals surface area (Å²) in [5, 5.41) is 13.8. The molecule has 1 aliphatic rings.